The molecule has 0 radical (unpaired) electrons. The van der Waals surface area contributed by atoms with Crippen molar-refractivity contribution in [3.8, 4) is 11.5 Å². The van der Waals surface area contributed by atoms with Crippen LogP contribution in [0.25, 0.3) is 0 Å². The largest absolute Gasteiger partial charge is 0.433 e. The molecule has 0 heterocycles. The first-order chi connectivity index (χ1) is 37.3. The number of hydrogen-bond donors (Lipinski definition) is 0. The van der Waals surface area contributed by atoms with E-state index < -0.39 is 77.1 Å². The molecule has 0 aliphatic rings. The van der Waals surface area contributed by atoms with Crippen LogP contribution in [0.4, 0.5) is 65.9 Å². The van der Waals surface area contributed by atoms with Crippen molar-refractivity contribution in [3.05, 3.63) is 198 Å². The van der Waals surface area contributed by atoms with Crippen LogP contribution in [0.5, 0.6) is 11.5 Å². The minimum atomic E-state index is -3.13. The van der Waals surface area contributed by atoms with Gasteiger partial charge in [-0.3, -0.25) is 0 Å². The van der Waals surface area contributed by atoms with Gasteiger partial charge in [0.2, 0.25) is 0 Å². The average Bonchev–Trinajstić information content (AvgIpc) is 3.34. The molecule has 0 saturated heterocycles. The Balaban J connectivity index is 0.000000493. The van der Waals surface area contributed by atoms with Crippen LogP contribution in [0.15, 0.2) is 97.1 Å². The fourth-order valence-electron chi connectivity index (χ4n) is 6.81. The minimum Gasteiger partial charge on any atom is -0.433 e. The van der Waals surface area contributed by atoms with Crippen LogP contribution >= 0.6 is 23.2 Å². The summed E-state index contributed by atoms with van der Waals surface area (Å²) in [6, 6.07) is 22.4. The van der Waals surface area contributed by atoms with E-state index in [9.17, 15) is 65.9 Å². The van der Waals surface area contributed by atoms with E-state index in [-0.39, 0.29) is 61.4 Å². The van der Waals surface area contributed by atoms with Crippen molar-refractivity contribution in [2.24, 2.45) is 0 Å². The van der Waals surface area contributed by atoms with E-state index in [1.165, 1.54) is 43.3 Å². The minimum absolute atomic E-state index is 0.0351. The highest BCUT2D eigenvalue weighted by atomic mass is 35.5. The topological polar surface area (TPSA) is 18.5 Å². The molecule has 82 heavy (non-hydrogen) atoms. The van der Waals surface area contributed by atoms with E-state index in [2.05, 4.69) is 9.47 Å². The lowest BCUT2D eigenvalue weighted by molar-refractivity contribution is -0.0524. The van der Waals surface area contributed by atoms with Gasteiger partial charge in [-0.25, -0.2) is 48.3 Å². The van der Waals surface area contributed by atoms with E-state index in [1.807, 2.05) is 76.2 Å². The monoisotopic (exact) mass is 1220 g/mol. The van der Waals surface area contributed by atoms with Crippen molar-refractivity contribution in [2.45, 2.75) is 177 Å². The van der Waals surface area contributed by atoms with Gasteiger partial charge in [0.25, 0.3) is 11.8 Å². The Morgan fingerprint density at radius 3 is 1.18 bits per heavy atom. The molecule has 0 amide bonds. The van der Waals surface area contributed by atoms with Gasteiger partial charge in [0.1, 0.15) is 23.2 Å². The molecule has 0 unspecified atom stereocenters. The number of hydrogen-bond acceptors (Lipinski definition) is 2. The van der Waals surface area contributed by atoms with Crippen molar-refractivity contribution >= 4 is 23.2 Å². The van der Waals surface area contributed by atoms with Gasteiger partial charge >= 0.3 is 13.2 Å². The standard InChI is InChI=1S/C12H15F3.C11H13ClF2.C10H11ClF2O.C10H11F3O.C10H11F3.C10H12F2/c1-11(2,3)8-5-6-10(13)9(7-8)12(4,14)15;1-7(2)8-4-5-10(12)9(6-8)11(3,13)14;2*1-6(2)7-3-4-8(11)9(5-7)14-10(12)13;1-10(2,3)6-4-7(11)9(13)8(12)5-6;1-6(2)8-4-5-9(11)7(3)10(8)12/h5-7H,1-4H3;4-7H,1-3H3;2*3-6,10H,1-2H3;4-5H,1-3H3;4-6H,1-3H3. The molecule has 6 aromatic rings. The molecule has 456 valence electrons. The highest BCUT2D eigenvalue weighted by Gasteiger charge is 2.30. The molecule has 0 aliphatic heterocycles. The summed E-state index contributed by atoms with van der Waals surface area (Å²) in [6.45, 7) is 23.7. The Kier molecular flexibility index (Phi) is 29.0. The second kappa shape index (κ2) is 31.9. The second-order valence-electron chi connectivity index (χ2n) is 22.3. The molecular formula is C63H73Cl2F15O2. The summed E-state index contributed by atoms with van der Waals surface area (Å²) in [5.74, 6) is -11.8. The number of alkyl halides is 8. The van der Waals surface area contributed by atoms with Crippen LogP contribution in [0.2, 0.25) is 10.0 Å². The second-order valence-corrected chi connectivity index (χ2v) is 23.1. The van der Waals surface area contributed by atoms with Gasteiger partial charge in [-0.05, 0) is 142 Å². The van der Waals surface area contributed by atoms with Gasteiger partial charge < -0.3 is 9.47 Å². The van der Waals surface area contributed by atoms with E-state index in [0.29, 0.717) is 23.6 Å². The van der Waals surface area contributed by atoms with Crippen LogP contribution in [-0.2, 0) is 22.7 Å². The first kappa shape index (κ1) is 74.5. The summed E-state index contributed by atoms with van der Waals surface area (Å²) >= 11 is 11.4. The lowest BCUT2D eigenvalue weighted by Gasteiger charge is -2.21. The smallest absolute Gasteiger partial charge is 0.387 e. The molecule has 6 aromatic carbocycles. The highest BCUT2D eigenvalue weighted by molar-refractivity contribution is 6.32. The third kappa shape index (κ3) is 24.7. The summed E-state index contributed by atoms with van der Waals surface area (Å²) in [7, 11) is 0. The number of rotatable bonds is 10. The maximum Gasteiger partial charge on any atom is 0.387 e. The molecule has 0 N–H and O–H groups in total. The van der Waals surface area contributed by atoms with Gasteiger partial charge in [0.05, 0.1) is 10.6 Å². The third-order valence-corrected chi connectivity index (χ3v) is 12.6. The van der Waals surface area contributed by atoms with Crippen molar-refractivity contribution < 1.29 is 75.3 Å². The molecule has 2 nitrogen and oxygen atoms in total. The summed E-state index contributed by atoms with van der Waals surface area (Å²) < 4.78 is 198. The van der Waals surface area contributed by atoms with Crippen LogP contribution in [-0.4, -0.2) is 13.2 Å². The molecule has 0 spiro atoms. The molecule has 6 rings (SSSR count). The average molecular weight is 1220 g/mol. The highest BCUT2D eigenvalue weighted by Crippen LogP contribution is 2.36. The van der Waals surface area contributed by atoms with Crippen LogP contribution < -0.4 is 9.47 Å². The Morgan fingerprint density at radius 1 is 0.378 bits per heavy atom. The number of halogens is 17. The Morgan fingerprint density at radius 2 is 0.768 bits per heavy atom. The van der Waals surface area contributed by atoms with E-state index in [4.69, 9.17) is 23.2 Å². The molecule has 0 aliphatic carbocycles. The van der Waals surface area contributed by atoms with Gasteiger partial charge in [-0.1, -0.05) is 150 Å². The van der Waals surface area contributed by atoms with E-state index in [1.54, 1.807) is 57.2 Å². The van der Waals surface area contributed by atoms with Crippen LogP contribution in [0.1, 0.15) is 185 Å². The zero-order valence-electron chi connectivity index (χ0n) is 48.9. The first-order valence-electron chi connectivity index (χ1n) is 25.8. The zero-order valence-corrected chi connectivity index (χ0v) is 50.5. The van der Waals surface area contributed by atoms with Crippen molar-refractivity contribution in [3.63, 3.8) is 0 Å². The molecule has 0 fully saturated rings. The predicted molar refractivity (Wildman–Crippen MR) is 299 cm³/mol. The third-order valence-electron chi connectivity index (χ3n) is 11.9. The Bertz CT molecular complexity index is 2860. The van der Waals surface area contributed by atoms with Crippen LogP contribution in [0.3, 0.4) is 0 Å². The summed E-state index contributed by atoms with van der Waals surface area (Å²) in [6.07, 6.45) is 0. The summed E-state index contributed by atoms with van der Waals surface area (Å²) in [5.41, 5.74) is 3.15. The first-order valence-corrected chi connectivity index (χ1v) is 26.5. The van der Waals surface area contributed by atoms with Crippen molar-refractivity contribution in [2.75, 3.05) is 0 Å². The molecule has 0 atom stereocenters. The van der Waals surface area contributed by atoms with Gasteiger partial charge in [0.15, 0.2) is 29.0 Å². The molecule has 0 aromatic heterocycles. The predicted octanol–water partition coefficient (Wildman–Crippen LogP) is 23.2. The molecule has 19 heteroatoms. The normalized spacial score (nSPS) is 11.7. The van der Waals surface area contributed by atoms with Gasteiger partial charge in [-0.2, -0.15) is 17.6 Å². The zero-order chi connectivity index (χ0) is 63.7. The number of benzene rings is 6. The fraction of sp³-hybridized carbons (Fsp3) is 0.429. The van der Waals surface area contributed by atoms with Crippen molar-refractivity contribution in [1.29, 1.82) is 0 Å². The van der Waals surface area contributed by atoms with Gasteiger partial charge in [-0.15, -0.1) is 0 Å². The summed E-state index contributed by atoms with van der Waals surface area (Å²) in [5, 5.41) is 0.330. The Hall–Kier alpha value is -5.55. The van der Waals surface area contributed by atoms with Crippen molar-refractivity contribution in [1.82, 2.24) is 0 Å². The molecule has 0 saturated carbocycles. The summed E-state index contributed by atoms with van der Waals surface area (Å²) in [4.78, 5) is 0. The lowest BCUT2D eigenvalue weighted by Crippen LogP contribution is -2.16. The quantitative estimate of drug-likeness (QED) is 0.101. The Labute approximate surface area is 483 Å². The molecule has 0 bridgehead atoms. The fourth-order valence-corrected chi connectivity index (χ4v) is 7.26. The lowest BCUT2D eigenvalue weighted by atomic mass is 9.85. The SMILES string of the molecule is CC(C)(C)c1cc(F)c(F)c(F)c1.CC(C)(C)c1ccc(F)c(C(C)(F)F)c1.CC(C)c1ccc(Cl)c(C(C)(F)F)c1.CC(C)c1ccc(Cl)c(OC(F)F)c1.CC(C)c1ccc(F)c(OC(F)F)c1.Cc1c(F)ccc(C(C)C)c1F. The van der Waals surface area contributed by atoms with Crippen LogP contribution in [0, 0.1) is 47.6 Å². The van der Waals surface area contributed by atoms with E-state index >= 15 is 0 Å². The number of ether oxygens (including phenoxy) is 2. The maximum atomic E-state index is 13.3. The molecular weight excluding hydrogens is 1140 g/mol. The maximum absolute atomic E-state index is 13.3. The van der Waals surface area contributed by atoms with E-state index in [0.717, 1.165) is 47.9 Å². The van der Waals surface area contributed by atoms with Gasteiger partial charge in [0, 0.05) is 30.0 Å².